The Morgan fingerprint density at radius 2 is 2.15 bits per heavy atom. The number of benzene rings is 1. The summed E-state index contributed by atoms with van der Waals surface area (Å²) in [5, 5.41) is 6.78. The zero-order valence-corrected chi connectivity index (χ0v) is 20.1. The number of pyridine rings is 1. The van der Waals surface area contributed by atoms with Gasteiger partial charge < -0.3 is 24.8 Å². The third-order valence-electron chi connectivity index (χ3n) is 6.75. The van der Waals surface area contributed by atoms with Gasteiger partial charge in [-0.3, -0.25) is 4.79 Å². The van der Waals surface area contributed by atoms with Gasteiger partial charge in [-0.1, -0.05) is 35.9 Å². The molecule has 1 fully saturated rings. The molecule has 1 aliphatic carbocycles. The normalized spacial score (nSPS) is 21.7. The fraction of sp³-hybridized carbons (Fsp3) is 0.462. The van der Waals surface area contributed by atoms with Gasteiger partial charge in [-0.2, -0.15) is 4.98 Å². The molecule has 3 heterocycles. The second-order valence-electron chi connectivity index (χ2n) is 8.95. The van der Waals surface area contributed by atoms with Crippen LogP contribution < -0.4 is 20.1 Å². The number of carbonyl (C=O) groups excluding carboxylic acids is 1. The molecule has 3 aliphatic rings. The summed E-state index contributed by atoms with van der Waals surface area (Å²) in [5.74, 6) is 0.987. The second-order valence-corrected chi connectivity index (χ2v) is 9.36. The molecule has 1 aromatic heterocycles. The minimum atomic E-state index is -0.0972. The number of methoxy groups -OCH3 is 1. The molecule has 2 aliphatic heterocycles. The number of ether oxygens (including phenoxy) is 3. The predicted octanol–water partition coefficient (Wildman–Crippen LogP) is 3.98. The first-order chi connectivity index (χ1) is 16.6. The van der Waals surface area contributed by atoms with Gasteiger partial charge in [-0.25, -0.2) is 0 Å². The molecule has 0 unspecified atom stereocenters. The van der Waals surface area contributed by atoms with Crippen LogP contribution in [0.4, 0.5) is 0 Å². The maximum absolute atomic E-state index is 11.4. The highest BCUT2D eigenvalue weighted by Crippen LogP contribution is 2.41. The summed E-state index contributed by atoms with van der Waals surface area (Å²) >= 11 is 6.59. The van der Waals surface area contributed by atoms with Crippen LogP contribution in [0.15, 0.2) is 30.3 Å². The zero-order chi connectivity index (χ0) is 23.5. The smallest absolute Gasteiger partial charge is 0.236 e. The highest BCUT2D eigenvalue weighted by atomic mass is 35.5. The molecule has 2 aromatic rings. The van der Waals surface area contributed by atoms with Gasteiger partial charge in [-0.15, -0.1) is 0 Å². The topological polar surface area (TPSA) is 81.7 Å². The lowest BCUT2D eigenvalue weighted by Gasteiger charge is -2.19. The lowest BCUT2D eigenvalue weighted by molar-refractivity contribution is -0.119. The summed E-state index contributed by atoms with van der Waals surface area (Å²) in [6.07, 6.45) is 6.31. The minimum Gasteiger partial charge on any atom is -0.481 e. The fourth-order valence-corrected chi connectivity index (χ4v) is 5.26. The number of aromatic nitrogens is 1. The molecule has 2 atom stereocenters. The Hall–Kier alpha value is -2.61. The number of fused-ring (bicyclic) bond motifs is 1. The lowest BCUT2D eigenvalue weighted by Crippen LogP contribution is -2.35. The SMILES string of the molecule is COc1nc(O[C@H]2CCc3c(C4=CCOCC4)cccc32)c(Cl)cc1CNC[C@@H]1CCC(=O)N1. The molecule has 180 valence electrons. The molecule has 2 N–H and O–H groups in total. The van der Waals surface area contributed by atoms with E-state index in [1.807, 2.05) is 6.07 Å². The molecular weight excluding hydrogens is 454 g/mol. The number of rotatable bonds is 8. The van der Waals surface area contributed by atoms with Gasteiger partial charge in [-0.05, 0) is 54.0 Å². The Morgan fingerprint density at radius 3 is 2.91 bits per heavy atom. The van der Waals surface area contributed by atoms with Crippen LogP contribution in [0.5, 0.6) is 11.8 Å². The van der Waals surface area contributed by atoms with Crippen molar-refractivity contribution in [1.29, 1.82) is 0 Å². The van der Waals surface area contributed by atoms with Gasteiger partial charge in [0.1, 0.15) is 11.1 Å². The largest absolute Gasteiger partial charge is 0.481 e. The lowest BCUT2D eigenvalue weighted by atomic mass is 9.94. The molecule has 1 amide bonds. The van der Waals surface area contributed by atoms with E-state index in [4.69, 9.17) is 25.8 Å². The van der Waals surface area contributed by atoms with Gasteiger partial charge in [0.05, 0.1) is 20.3 Å². The second kappa shape index (κ2) is 10.3. The van der Waals surface area contributed by atoms with Gasteiger partial charge in [0, 0.05) is 31.1 Å². The van der Waals surface area contributed by atoms with E-state index in [2.05, 4.69) is 39.9 Å². The van der Waals surface area contributed by atoms with Crippen molar-refractivity contribution in [3.63, 3.8) is 0 Å². The molecule has 0 bridgehead atoms. The number of nitrogens with one attached hydrogen (secondary N) is 2. The standard InChI is InChI=1S/C26H30ClN3O4/c1-32-25-17(14-28-15-18-5-8-24(31)29-18)13-22(27)26(30-25)34-23-7-6-20-19(3-2-4-21(20)23)16-9-11-33-12-10-16/h2-4,9,13,18,23,28H,5-8,10-12,14-15H2,1H3,(H,29,31)/t18-,23-/m0/s1. The molecule has 1 aromatic carbocycles. The summed E-state index contributed by atoms with van der Waals surface area (Å²) in [5.41, 5.74) is 6.07. The zero-order valence-electron chi connectivity index (χ0n) is 19.4. The van der Waals surface area contributed by atoms with Crippen LogP contribution in [-0.2, 0) is 22.5 Å². The maximum Gasteiger partial charge on any atom is 0.236 e. The van der Waals surface area contributed by atoms with Gasteiger partial charge in [0.2, 0.25) is 17.7 Å². The van der Waals surface area contributed by atoms with Crippen LogP contribution in [0.2, 0.25) is 5.02 Å². The Kier molecular flexibility index (Phi) is 7.04. The molecule has 0 spiro atoms. The van der Waals surface area contributed by atoms with Crippen molar-refractivity contribution in [3.05, 3.63) is 57.6 Å². The number of halogens is 1. The van der Waals surface area contributed by atoms with E-state index in [0.717, 1.165) is 37.9 Å². The van der Waals surface area contributed by atoms with E-state index in [1.165, 1.54) is 22.3 Å². The number of carbonyl (C=O) groups is 1. The van der Waals surface area contributed by atoms with Crippen molar-refractivity contribution in [2.75, 3.05) is 26.9 Å². The third-order valence-corrected chi connectivity index (χ3v) is 7.02. The molecule has 7 nitrogen and oxygen atoms in total. The maximum atomic E-state index is 11.4. The predicted molar refractivity (Wildman–Crippen MR) is 130 cm³/mol. The van der Waals surface area contributed by atoms with Gasteiger partial charge in [0.15, 0.2) is 0 Å². The number of hydrogen-bond donors (Lipinski definition) is 2. The van der Waals surface area contributed by atoms with Crippen LogP contribution in [-0.4, -0.2) is 43.8 Å². The van der Waals surface area contributed by atoms with Crippen LogP contribution in [0.3, 0.4) is 0 Å². The van der Waals surface area contributed by atoms with Crippen molar-refractivity contribution in [2.24, 2.45) is 0 Å². The number of hydrogen-bond acceptors (Lipinski definition) is 6. The van der Waals surface area contributed by atoms with E-state index in [-0.39, 0.29) is 18.1 Å². The van der Waals surface area contributed by atoms with Crippen molar-refractivity contribution in [2.45, 2.75) is 50.8 Å². The molecule has 8 heteroatoms. The van der Waals surface area contributed by atoms with Gasteiger partial charge in [0.25, 0.3) is 0 Å². The van der Waals surface area contributed by atoms with Crippen molar-refractivity contribution in [3.8, 4) is 11.8 Å². The first-order valence-corrected chi connectivity index (χ1v) is 12.3. The number of amides is 1. The average molecular weight is 484 g/mol. The van der Waals surface area contributed by atoms with Crippen LogP contribution >= 0.6 is 11.6 Å². The van der Waals surface area contributed by atoms with Gasteiger partial charge >= 0.3 is 0 Å². The quantitative estimate of drug-likeness (QED) is 0.591. The minimum absolute atomic E-state index is 0.0972. The highest BCUT2D eigenvalue weighted by molar-refractivity contribution is 6.31. The van der Waals surface area contributed by atoms with Crippen LogP contribution in [0.1, 0.15) is 54.0 Å². The summed E-state index contributed by atoms with van der Waals surface area (Å²) in [7, 11) is 1.60. The summed E-state index contributed by atoms with van der Waals surface area (Å²) in [6.45, 7) is 2.67. The van der Waals surface area contributed by atoms with E-state index < -0.39 is 0 Å². The van der Waals surface area contributed by atoms with E-state index in [1.54, 1.807) is 7.11 Å². The van der Waals surface area contributed by atoms with E-state index >= 15 is 0 Å². The average Bonchev–Trinajstić information content (AvgIpc) is 3.47. The van der Waals surface area contributed by atoms with Crippen LogP contribution in [0.25, 0.3) is 5.57 Å². The molecule has 34 heavy (non-hydrogen) atoms. The highest BCUT2D eigenvalue weighted by Gasteiger charge is 2.29. The Balaban J connectivity index is 1.29. The molecule has 1 saturated heterocycles. The first kappa shape index (κ1) is 23.1. The van der Waals surface area contributed by atoms with Crippen molar-refractivity contribution >= 4 is 23.1 Å². The molecule has 0 saturated carbocycles. The number of nitrogens with zero attached hydrogens (tertiary/aromatic N) is 1. The summed E-state index contributed by atoms with van der Waals surface area (Å²) in [4.78, 5) is 16.0. The Bertz CT molecular complexity index is 1100. The molecule has 5 rings (SSSR count). The van der Waals surface area contributed by atoms with E-state index in [0.29, 0.717) is 42.9 Å². The Morgan fingerprint density at radius 1 is 1.24 bits per heavy atom. The molecule has 0 radical (unpaired) electrons. The monoisotopic (exact) mass is 483 g/mol. The molecular formula is C26H30ClN3O4. The first-order valence-electron chi connectivity index (χ1n) is 11.9. The summed E-state index contributed by atoms with van der Waals surface area (Å²) < 4.78 is 17.4. The van der Waals surface area contributed by atoms with E-state index in [9.17, 15) is 4.79 Å². The van der Waals surface area contributed by atoms with Crippen molar-refractivity contribution < 1.29 is 19.0 Å². The fourth-order valence-electron chi connectivity index (χ4n) is 5.04. The van der Waals surface area contributed by atoms with Crippen molar-refractivity contribution in [1.82, 2.24) is 15.6 Å². The van der Waals surface area contributed by atoms with Crippen LogP contribution in [0, 0.1) is 0 Å². The third kappa shape index (κ3) is 4.92. The Labute approximate surface area is 204 Å². The summed E-state index contributed by atoms with van der Waals surface area (Å²) in [6, 6.07) is 8.45.